The summed E-state index contributed by atoms with van der Waals surface area (Å²) >= 11 is 0. The molecule has 0 heterocycles. The number of para-hydroxylation sites is 4. The maximum atomic E-state index is 12.6. The van der Waals surface area contributed by atoms with Gasteiger partial charge in [-0.25, -0.2) is 0 Å². The van der Waals surface area contributed by atoms with E-state index in [4.69, 9.17) is 9.47 Å². The number of benzene rings is 4. The van der Waals surface area contributed by atoms with E-state index in [1.165, 1.54) is 11.1 Å². The van der Waals surface area contributed by atoms with Crippen molar-refractivity contribution in [2.24, 2.45) is 0 Å². The molecule has 6 heteroatoms. The molecule has 6 nitrogen and oxygen atoms in total. The Hall–Kier alpha value is -4.58. The van der Waals surface area contributed by atoms with E-state index in [9.17, 15) is 9.59 Å². The van der Waals surface area contributed by atoms with Crippen molar-refractivity contribution < 1.29 is 19.1 Å². The van der Waals surface area contributed by atoms with Crippen LogP contribution in [0.25, 0.3) is 0 Å². The van der Waals surface area contributed by atoms with Crippen molar-refractivity contribution in [3.8, 4) is 11.5 Å². The summed E-state index contributed by atoms with van der Waals surface area (Å²) in [5, 5.41) is 5.92. The van der Waals surface area contributed by atoms with E-state index < -0.39 is 0 Å². The van der Waals surface area contributed by atoms with Gasteiger partial charge >= 0.3 is 0 Å². The van der Waals surface area contributed by atoms with Gasteiger partial charge in [0.1, 0.15) is 11.5 Å². The molecule has 0 fully saturated rings. The number of ether oxygens (including phenoxy) is 2. The number of carbonyl (C=O) groups is 2. The Bertz CT molecular complexity index is 1270. The number of nitrogens with one attached hydrogen (secondary N) is 2. The van der Waals surface area contributed by atoms with Crippen LogP contribution in [0, 0.1) is 0 Å². The van der Waals surface area contributed by atoms with Crippen LogP contribution in [-0.4, -0.2) is 25.0 Å². The third-order valence-corrected chi connectivity index (χ3v) is 6.80. The Morgan fingerprint density at radius 2 is 0.857 bits per heavy atom. The third-order valence-electron chi connectivity index (χ3n) is 6.80. The lowest BCUT2D eigenvalue weighted by Gasteiger charge is -2.13. The van der Waals surface area contributed by atoms with Crippen molar-refractivity contribution >= 4 is 23.2 Å². The van der Waals surface area contributed by atoms with Gasteiger partial charge in [0.05, 0.1) is 24.6 Å². The number of rotatable bonds is 17. The van der Waals surface area contributed by atoms with Crippen molar-refractivity contribution in [2.75, 3.05) is 23.8 Å². The lowest BCUT2D eigenvalue weighted by atomic mass is 10.1. The Kier molecular flexibility index (Phi) is 12.5. The first kappa shape index (κ1) is 30.4. The van der Waals surface area contributed by atoms with Gasteiger partial charge in [0.15, 0.2) is 0 Å². The summed E-state index contributed by atoms with van der Waals surface area (Å²) in [6, 6.07) is 35.6. The zero-order valence-corrected chi connectivity index (χ0v) is 24.1. The molecule has 2 N–H and O–H groups in total. The molecule has 42 heavy (non-hydrogen) atoms. The molecule has 2 amide bonds. The predicted molar refractivity (Wildman–Crippen MR) is 169 cm³/mol. The number of hydrogen-bond acceptors (Lipinski definition) is 4. The molecule has 0 aromatic heterocycles. The van der Waals surface area contributed by atoms with Gasteiger partial charge in [-0.05, 0) is 73.9 Å². The Morgan fingerprint density at radius 1 is 0.476 bits per heavy atom. The van der Waals surface area contributed by atoms with Gasteiger partial charge in [-0.1, -0.05) is 84.9 Å². The van der Waals surface area contributed by atoms with Gasteiger partial charge in [0.25, 0.3) is 0 Å². The molecular weight excluding hydrogens is 524 g/mol. The van der Waals surface area contributed by atoms with Crippen molar-refractivity contribution in [2.45, 2.75) is 51.4 Å². The lowest BCUT2D eigenvalue weighted by Crippen LogP contribution is -2.14. The van der Waals surface area contributed by atoms with E-state index in [0.717, 1.165) is 25.7 Å². The van der Waals surface area contributed by atoms with Crippen LogP contribution >= 0.6 is 0 Å². The number of carbonyl (C=O) groups excluding carboxylic acids is 2. The van der Waals surface area contributed by atoms with Gasteiger partial charge in [0.2, 0.25) is 11.8 Å². The molecule has 0 aliphatic heterocycles. The van der Waals surface area contributed by atoms with Crippen molar-refractivity contribution in [1.29, 1.82) is 0 Å². The van der Waals surface area contributed by atoms with E-state index in [1.54, 1.807) is 0 Å². The highest BCUT2D eigenvalue weighted by molar-refractivity contribution is 5.93. The lowest BCUT2D eigenvalue weighted by molar-refractivity contribution is -0.118. The fraction of sp³-hybridized carbons (Fsp3) is 0.278. The molecule has 0 unspecified atom stereocenters. The van der Waals surface area contributed by atoms with Crippen LogP contribution in [0.5, 0.6) is 11.5 Å². The second kappa shape index (κ2) is 17.3. The summed E-state index contributed by atoms with van der Waals surface area (Å²) in [5.74, 6) is 1.15. The Labute approximate surface area is 249 Å². The van der Waals surface area contributed by atoms with Crippen LogP contribution in [0.4, 0.5) is 11.4 Å². The summed E-state index contributed by atoms with van der Waals surface area (Å²) in [6.45, 7) is 1.14. The molecule has 0 spiro atoms. The van der Waals surface area contributed by atoms with Crippen molar-refractivity contribution in [3.05, 3.63) is 120 Å². The fourth-order valence-corrected chi connectivity index (χ4v) is 4.59. The molecule has 0 aliphatic rings. The quantitative estimate of drug-likeness (QED) is 0.128. The predicted octanol–water partition coefficient (Wildman–Crippen LogP) is 7.85. The number of unbranched alkanes of at least 4 members (excludes halogenated alkanes) is 1. The highest BCUT2D eigenvalue weighted by atomic mass is 16.5. The summed E-state index contributed by atoms with van der Waals surface area (Å²) < 4.78 is 11.9. The van der Waals surface area contributed by atoms with Gasteiger partial charge < -0.3 is 20.1 Å². The zero-order valence-electron chi connectivity index (χ0n) is 24.1. The van der Waals surface area contributed by atoms with Crippen LogP contribution in [0.1, 0.15) is 49.7 Å². The summed E-state index contributed by atoms with van der Waals surface area (Å²) in [7, 11) is 0. The molecular formula is C36H40N2O4. The van der Waals surface area contributed by atoms with Crippen LogP contribution in [0.3, 0.4) is 0 Å². The van der Waals surface area contributed by atoms with E-state index in [2.05, 4.69) is 34.9 Å². The molecule has 4 aromatic carbocycles. The van der Waals surface area contributed by atoms with E-state index in [1.807, 2.05) is 84.9 Å². The number of anilines is 2. The molecule has 0 radical (unpaired) electrons. The van der Waals surface area contributed by atoms with Crippen LogP contribution in [-0.2, 0) is 22.4 Å². The Morgan fingerprint density at radius 3 is 1.29 bits per heavy atom. The minimum Gasteiger partial charge on any atom is -0.491 e. The molecule has 4 rings (SSSR count). The minimum atomic E-state index is -0.0926. The van der Waals surface area contributed by atoms with Crippen LogP contribution in [0.15, 0.2) is 109 Å². The molecule has 0 atom stereocenters. The SMILES string of the molecule is O=C(CCCCC(=O)Nc1ccccc1OCCCc1ccccc1)Nc1ccccc1OCCCc1ccccc1. The molecule has 0 saturated heterocycles. The highest BCUT2D eigenvalue weighted by Gasteiger charge is 2.10. The van der Waals surface area contributed by atoms with Gasteiger partial charge in [-0.15, -0.1) is 0 Å². The van der Waals surface area contributed by atoms with Crippen LogP contribution in [0.2, 0.25) is 0 Å². The van der Waals surface area contributed by atoms with E-state index in [-0.39, 0.29) is 11.8 Å². The number of amides is 2. The maximum absolute atomic E-state index is 12.6. The Balaban J connectivity index is 1.12. The first-order valence-electron chi connectivity index (χ1n) is 14.8. The zero-order chi connectivity index (χ0) is 29.2. The van der Waals surface area contributed by atoms with Crippen molar-refractivity contribution in [3.63, 3.8) is 0 Å². The molecule has 0 saturated carbocycles. The largest absolute Gasteiger partial charge is 0.491 e. The smallest absolute Gasteiger partial charge is 0.224 e. The standard InChI is InChI=1S/C36H40N2O4/c39-35(37-31-21-7-9-23-33(31)41-27-13-19-29-15-3-1-4-16-29)25-11-12-26-36(40)38-32-22-8-10-24-34(32)42-28-14-20-30-17-5-2-6-18-30/h1-10,15-18,21-24H,11-14,19-20,25-28H2,(H,37,39)(H,38,40). The maximum Gasteiger partial charge on any atom is 0.224 e. The second-order valence-corrected chi connectivity index (χ2v) is 10.2. The average Bonchev–Trinajstić information content (AvgIpc) is 3.02. The molecule has 4 aromatic rings. The minimum absolute atomic E-state index is 0.0926. The molecule has 218 valence electrons. The van der Waals surface area contributed by atoms with Crippen molar-refractivity contribution in [1.82, 2.24) is 0 Å². The monoisotopic (exact) mass is 564 g/mol. The first-order chi connectivity index (χ1) is 20.7. The molecule has 0 aliphatic carbocycles. The summed E-state index contributed by atoms with van der Waals surface area (Å²) in [6.07, 6.45) is 5.53. The molecule has 0 bridgehead atoms. The average molecular weight is 565 g/mol. The van der Waals surface area contributed by atoms with Crippen LogP contribution < -0.4 is 20.1 Å². The first-order valence-corrected chi connectivity index (χ1v) is 14.8. The summed E-state index contributed by atoms with van der Waals surface area (Å²) in [4.78, 5) is 25.2. The second-order valence-electron chi connectivity index (χ2n) is 10.2. The fourth-order valence-electron chi connectivity index (χ4n) is 4.59. The van der Waals surface area contributed by atoms with E-state index >= 15 is 0 Å². The van der Waals surface area contributed by atoms with Gasteiger partial charge in [-0.3, -0.25) is 9.59 Å². The third kappa shape index (κ3) is 10.8. The van der Waals surface area contributed by atoms with E-state index in [0.29, 0.717) is 61.8 Å². The highest BCUT2D eigenvalue weighted by Crippen LogP contribution is 2.26. The normalized spacial score (nSPS) is 10.6. The number of hydrogen-bond donors (Lipinski definition) is 2. The topological polar surface area (TPSA) is 76.7 Å². The summed E-state index contributed by atoms with van der Waals surface area (Å²) in [5.41, 5.74) is 3.90. The number of aryl methyl sites for hydroxylation is 2. The van der Waals surface area contributed by atoms with Gasteiger partial charge in [-0.2, -0.15) is 0 Å². The van der Waals surface area contributed by atoms with Gasteiger partial charge in [0, 0.05) is 12.8 Å².